The van der Waals surface area contributed by atoms with Crippen LogP contribution >= 0.6 is 24.0 Å². The molecule has 4 rings (SSSR count). The predicted molar refractivity (Wildman–Crippen MR) is 137 cm³/mol. The molecule has 0 spiro atoms. The van der Waals surface area contributed by atoms with Crippen LogP contribution in [0.5, 0.6) is 0 Å². The van der Waals surface area contributed by atoms with E-state index in [2.05, 4.69) is 54.4 Å². The maximum atomic E-state index is 5.59. The van der Waals surface area contributed by atoms with Gasteiger partial charge in [0.1, 0.15) is 12.1 Å². The van der Waals surface area contributed by atoms with Gasteiger partial charge < -0.3 is 19.6 Å². The average molecular weight is 542 g/mol. The summed E-state index contributed by atoms with van der Waals surface area (Å²) in [7, 11) is 1.76. The number of nitrogens with zero attached hydrogens (tertiary/aromatic N) is 4. The number of guanidine groups is 1. The summed E-state index contributed by atoms with van der Waals surface area (Å²) < 4.78 is 7.73. The molecule has 0 fully saturated rings. The second-order valence-corrected chi connectivity index (χ2v) is 7.21. The highest BCUT2D eigenvalue weighted by molar-refractivity contribution is 14.0. The Balaban J connectivity index is 0.00000289. The molecule has 166 valence electrons. The van der Waals surface area contributed by atoms with Crippen LogP contribution in [0.15, 0.2) is 82.7 Å². The number of rotatable bonds is 7. The van der Waals surface area contributed by atoms with Crippen molar-refractivity contribution in [3.8, 4) is 11.5 Å². The molecule has 0 saturated heterocycles. The molecule has 2 heterocycles. The minimum absolute atomic E-state index is 0. The number of aliphatic imine (C=N–C) groups is 1. The van der Waals surface area contributed by atoms with Crippen molar-refractivity contribution in [3.05, 3.63) is 95.9 Å². The van der Waals surface area contributed by atoms with E-state index in [-0.39, 0.29) is 24.0 Å². The van der Waals surface area contributed by atoms with Crippen LogP contribution in [0.4, 0.5) is 0 Å². The van der Waals surface area contributed by atoms with Gasteiger partial charge in [0.2, 0.25) is 5.89 Å². The zero-order valence-electron chi connectivity index (χ0n) is 18.2. The minimum atomic E-state index is 0. The van der Waals surface area contributed by atoms with Crippen LogP contribution < -0.4 is 10.6 Å². The number of oxazole rings is 1. The molecule has 4 aromatic rings. The number of aromatic nitrogens is 3. The van der Waals surface area contributed by atoms with Crippen molar-refractivity contribution in [2.45, 2.75) is 26.6 Å². The summed E-state index contributed by atoms with van der Waals surface area (Å²) >= 11 is 0. The Bertz CT molecular complexity index is 1150. The molecule has 0 aliphatic carbocycles. The number of aryl methyl sites for hydroxylation is 1. The second kappa shape index (κ2) is 11.5. The van der Waals surface area contributed by atoms with Gasteiger partial charge in [-0.2, -0.15) is 0 Å². The van der Waals surface area contributed by atoms with Gasteiger partial charge in [0.05, 0.1) is 12.2 Å². The maximum Gasteiger partial charge on any atom is 0.226 e. The summed E-state index contributed by atoms with van der Waals surface area (Å²) in [5.74, 6) is 2.34. The highest BCUT2D eigenvalue weighted by atomic mass is 127. The fourth-order valence-corrected chi connectivity index (χ4v) is 3.29. The molecule has 32 heavy (non-hydrogen) atoms. The lowest BCUT2D eigenvalue weighted by Crippen LogP contribution is -2.36. The lowest BCUT2D eigenvalue weighted by Gasteiger charge is -2.12. The first kappa shape index (κ1) is 23.5. The van der Waals surface area contributed by atoms with Crippen molar-refractivity contribution in [3.63, 3.8) is 0 Å². The Morgan fingerprint density at radius 2 is 1.81 bits per heavy atom. The van der Waals surface area contributed by atoms with E-state index in [0.29, 0.717) is 24.9 Å². The summed E-state index contributed by atoms with van der Waals surface area (Å²) in [4.78, 5) is 13.1. The van der Waals surface area contributed by atoms with Gasteiger partial charge in [-0.1, -0.05) is 42.5 Å². The van der Waals surface area contributed by atoms with Crippen LogP contribution in [0.3, 0.4) is 0 Å². The van der Waals surface area contributed by atoms with Gasteiger partial charge in [-0.25, -0.2) is 9.97 Å². The Morgan fingerprint density at radius 3 is 2.56 bits per heavy atom. The highest BCUT2D eigenvalue weighted by Gasteiger charge is 2.07. The first-order valence-corrected chi connectivity index (χ1v) is 10.2. The summed E-state index contributed by atoms with van der Waals surface area (Å²) in [5.41, 5.74) is 4.20. The summed E-state index contributed by atoms with van der Waals surface area (Å²) in [6, 6.07) is 18.4. The van der Waals surface area contributed by atoms with E-state index < -0.39 is 0 Å². The SMILES string of the molecule is CN=C(NCc1cccc(Cn2ccnc2C)c1)NCc1coc(-c2ccccc2)n1.I. The summed E-state index contributed by atoms with van der Waals surface area (Å²) in [5, 5.41) is 6.64. The minimum Gasteiger partial charge on any atom is -0.444 e. The van der Waals surface area contributed by atoms with Crippen LogP contribution in [-0.4, -0.2) is 27.5 Å². The van der Waals surface area contributed by atoms with Crippen LogP contribution in [0.25, 0.3) is 11.5 Å². The van der Waals surface area contributed by atoms with Crippen molar-refractivity contribution in [2.24, 2.45) is 4.99 Å². The lowest BCUT2D eigenvalue weighted by molar-refractivity contribution is 0.572. The van der Waals surface area contributed by atoms with Crippen molar-refractivity contribution >= 4 is 29.9 Å². The molecule has 8 heteroatoms. The van der Waals surface area contributed by atoms with Crippen LogP contribution in [0.2, 0.25) is 0 Å². The predicted octanol–water partition coefficient (Wildman–Crippen LogP) is 4.38. The van der Waals surface area contributed by atoms with Gasteiger partial charge in [0.15, 0.2) is 5.96 Å². The maximum absolute atomic E-state index is 5.59. The van der Waals surface area contributed by atoms with Crippen LogP contribution in [0.1, 0.15) is 22.6 Å². The zero-order valence-corrected chi connectivity index (χ0v) is 20.5. The van der Waals surface area contributed by atoms with Crippen LogP contribution in [-0.2, 0) is 19.6 Å². The molecular formula is C24H27IN6O. The number of hydrogen-bond acceptors (Lipinski definition) is 4. The van der Waals surface area contributed by atoms with Gasteiger partial charge in [-0.05, 0) is 30.2 Å². The number of hydrogen-bond donors (Lipinski definition) is 2. The Labute approximate surface area is 205 Å². The first-order valence-electron chi connectivity index (χ1n) is 10.2. The third-order valence-electron chi connectivity index (χ3n) is 4.96. The normalized spacial score (nSPS) is 11.1. The first-order chi connectivity index (χ1) is 15.2. The van der Waals surface area contributed by atoms with E-state index in [9.17, 15) is 0 Å². The number of halogens is 1. The number of nitrogens with one attached hydrogen (secondary N) is 2. The summed E-state index contributed by atoms with van der Waals surface area (Å²) in [6.07, 6.45) is 5.50. The highest BCUT2D eigenvalue weighted by Crippen LogP contribution is 2.17. The largest absolute Gasteiger partial charge is 0.444 e. The zero-order chi connectivity index (χ0) is 21.5. The van der Waals surface area contributed by atoms with E-state index in [1.54, 1.807) is 13.3 Å². The molecule has 0 aliphatic rings. The molecule has 2 N–H and O–H groups in total. The van der Waals surface area contributed by atoms with E-state index in [1.165, 1.54) is 11.1 Å². The lowest BCUT2D eigenvalue weighted by atomic mass is 10.1. The quantitative estimate of drug-likeness (QED) is 0.206. The molecule has 2 aromatic carbocycles. The van der Waals surface area contributed by atoms with E-state index in [0.717, 1.165) is 23.6 Å². The number of benzene rings is 2. The van der Waals surface area contributed by atoms with Crippen molar-refractivity contribution in [1.82, 2.24) is 25.2 Å². The third-order valence-corrected chi connectivity index (χ3v) is 4.96. The Morgan fingerprint density at radius 1 is 1.03 bits per heavy atom. The Kier molecular flexibility index (Phi) is 8.43. The smallest absolute Gasteiger partial charge is 0.226 e. The van der Waals surface area contributed by atoms with E-state index >= 15 is 0 Å². The Hall–Kier alpha value is -3.14. The molecule has 0 atom stereocenters. The van der Waals surface area contributed by atoms with E-state index in [1.807, 2.05) is 49.6 Å². The molecule has 7 nitrogen and oxygen atoms in total. The standard InChI is InChI=1S/C24H26N6O.HI/c1-18-26-11-12-30(18)16-20-8-6-7-19(13-20)14-27-24(25-2)28-15-22-17-31-23(29-22)21-9-4-3-5-10-21;/h3-13,17H,14-16H2,1-2H3,(H2,25,27,28);1H. The van der Waals surface area contributed by atoms with Crippen LogP contribution in [0, 0.1) is 6.92 Å². The van der Waals surface area contributed by atoms with Gasteiger partial charge in [-0.15, -0.1) is 24.0 Å². The molecular weight excluding hydrogens is 515 g/mol. The molecule has 2 aromatic heterocycles. The molecule has 0 unspecified atom stereocenters. The van der Waals surface area contributed by atoms with Gasteiger partial charge in [-0.3, -0.25) is 4.99 Å². The second-order valence-electron chi connectivity index (χ2n) is 7.21. The molecule has 0 radical (unpaired) electrons. The van der Waals surface area contributed by atoms with Crippen molar-refractivity contribution in [1.29, 1.82) is 0 Å². The molecule has 0 aliphatic heterocycles. The average Bonchev–Trinajstić information content (AvgIpc) is 3.44. The van der Waals surface area contributed by atoms with Gasteiger partial charge in [0, 0.05) is 38.1 Å². The fourth-order valence-electron chi connectivity index (χ4n) is 3.29. The summed E-state index contributed by atoms with van der Waals surface area (Å²) in [6.45, 7) is 4.02. The number of imidazole rings is 1. The molecule has 0 amide bonds. The topological polar surface area (TPSA) is 80.3 Å². The van der Waals surface area contributed by atoms with Gasteiger partial charge in [0.25, 0.3) is 0 Å². The third kappa shape index (κ3) is 6.19. The van der Waals surface area contributed by atoms with Crippen molar-refractivity contribution in [2.75, 3.05) is 7.05 Å². The monoisotopic (exact) mass is 542 g/mol. The van der Waals surface area contributed by atoms with E-state index in [4.69, 9.17) is 4.42 Å². The van der Waals surface area contributed by atoms with Crippen molar-refractivity contribution < 1.29 is 4.42 Å². The molecule has 0 bridgehead atoms. The molecule has 0 saturated carbocycles. The fraction of sp³-hybridized carbons (Fsp3) is 0.208. The van der Waals surface area contributed by atoms with Gasteiger partial charge >= 0.3 is 0 Å².